The predicted octanol–water partition coefficient (Wildman–Crippen LogP) is 9.22. The van der Waals surface area contributed by atoms with Crippen LogP contribution < -0.4 is 10.1 Å². The van der Waals surface area contributed by atoms with E-state index in [0.29, 0.717) is 11.3 Å². The molecule has 0 radical (unpaired) electrons. The van der Waals surface area contributed by atoms with E-state index < -0.39 is 23.2 Å². The summed E-state index contributed by atoms with van der Waals surface area (Å²) in [7, 11) is 1.28. The first-order chi connectivity index (χ1) is 21.1. The van der Waals surface area contributed by atoms with Crippen LogP contribution in [0.25, 0.3) is 10.8 Å². The Morgan fingerprint density at radius 2 is 1.39 bits per heavy atom. The molecule has 44 heavy (non-hydrogen) atoms. The van der Waals surface area contributed by atoms with E-state index in [1.165, 1.54) is 18.7 Å². The predicted molar refractivity (Wildman–Crippen MR) is 179 cm³/mol. The van der Waals surface area contributed by atoms with Crippen LogP contribution in [0.3, 0.4) is 0 Å². The molecule has 0 saturated heterocycles. The highest BCUT2D eigenvalue weighted by atomic mass is 32.2. The second kappa shape index (κ2) is 13.7. The highest BCUT2D eigenvalue weighted by molar-refractivity contribution is 7.99. The number of phenols is 2. The lowest BCUT2D eigenvalue weighted by molar-refractivity contribution is 0.102. The molecule has 0 aliphatic rings. The van der Waals surface area contributed by atoms with Gasteiger partial charge in [-0.2, -0.15) is 0 Å². The third-order valence-corrected chi connectivity index (χ3v) is 8.05. The molecular weight excluding hydrogens is 570 g/mol. The zero-order valence-corrected chi connectivity index (χ0v) is 26.6. The van der Waals surface area contributed by atoms with E-state index in [4.69, 9.17) is 4.74 Å². The van der Waals surface area contributed by atoms with Crippen LogP contribution in [0.15, 0.2) is 107 Å². The number of hydrogen-bond acceptors (Lipinski definition) is 6. The van der Waals surface area contributed by atoms with Crippen LogP contribution in [-0.2, 0) is 5.41 Å². The number of amides is 1. The molecule has 0 unspecified atom stereocenters. The largest absolute Gasteiger partial charge is 0.504 e. The Morgan fingerprint density at radius 1 is 0.750 bits per heavy atom. The number of nitrogens with one attached hydrogen (secondary N) is 1. The summed E-state index contributed by atoms with van der Waals surface area (Å²) in [4.78, 5) is 29.0. The van der Waals surface area contributed by atoms with E-state index in [1.807, 2.05) is 68.4 Å². The first-order valence-electron chi connectivity index (χ1n) is 14.4. The summed E-state index contributed by atoms with van der Waals surface area (Å²) in [5, 5.41) is 25.9. The van der Waals surface area contributed by atoms with Crippen LogP contribution in [0, 0.1) is 0 Å². The molecule has 0 aliphatic heterocycles. The summed E-state index contributed by atoms with van der Waals surface area (Å²) in [5.41, 5.74) is 1.79. The molecule has 5 aromatic carbocycles. The minimum Gasteiger partial charge on any atom is -0.504 e. The van der Waals surface area contributed by atoms with Crippen LogP contribution in [0.4, 0.5) is 5.69 Å². The second-order valence-corrected chi connectivity index (χ2v) is 12.0. The number of rotatable bonds is 7. The molecule has 5 aromatic rings. The van der Waals surface area contributed by atoms with Gasteiger partial charge in [-0.3, -0.25) is 9.59 Å². The minimum atomic E-state index is -0.684. The van der Waals surface area contributed by atoms with E-state index in [1.54, 1.807) is 36.0 Å². The molecule has 1 amide bonds. The summed E-state index contributed by atoms with van der Waals surface area (Å²) in [5.74, 6) is -2.71. The maximum atomic E-state index is 13.5. The zero-order valence-electron chi connectivity index (χ0n) is 25.8. The van der Waals surface area contributed by atoms with Crippen LogP contribution in [0.1, 0.15) is 66.5 Å². The Balaban J connectivity index is 0.00000216. The molecule has 0 bridgehead atoms. The van der Waals surface area contributed by atoms with Gasteiger partial charge in [0.15, 0.2) is 17.3 Å². The van der Waals surface area contributed by atoms with E-state index >= 15 is 0 Å². The van der Waals surface area contributed by atoms with Crippen LogP contribution in [-0.4, -0.2) is 29.0 Å². The van der Waals surface area contributed by atoms with Crippen LogP contribution in [0.5, 0.6) is 17.2 Å². The number of hydrogen-bond donors (Lipinski definition) is 3. The van der Waals surface area contributed by atoms with Crippen molar-refractivity contribution >= 4 is 39.9 Å². The molecule has 7 heteroatoms. The maximum absolute atomic E-state index is 13.5. The van der Waals surface area contributed by atoms with Crippen molar-refractivity contribution in [2.24, 2.45) is 0 Å². The molecule has 0 aliphatic carbocycles. The van der Waals surface area contributed by atoms with Crippen molar-refractivity contribution in [3.05, 3.63) is 119 Å². The smallest absolute Gasteiger partial charge is 0.259 e. The molecule has 0 saturated carbocycles. The highest BCUT2D eigenvalue weighted by Crippen LogP contribution is 2.42. The molecule has 6 nitrogen and oxygen atoms in total. The van der Waals surface area contributed by atoms with Gasteiger partial charge in [0, 0.05) is 21.0 Å². The Kier molecular flexibility index (Phi) is 10.0. The molecule has 226 valence electrons. The van der Waals surface area contributed by atoms with Gasteiger partial charge in [0.2, 0.25) is 5.75 Å². The van der Waals surface area contributed by atoms with Crippen LogP contribution >= 0.6 is 11.8 Å². The number of ketones is 1. The van der Waals surface area contributed by atoms with E-state index in [-0.39, 0.29) is 22.3 Å². The van der Waals surface area contributed by atoms with Gasteiger partial charge in [0.05, 0.1) is 18.2 Å². The third kappa shape index (κ3) is 6.90. The van der Waals surface area contributed by atoms with Gasteiger partial charge in [-0.15, -0.1) is 0 Å². The quantitative estimate of drug-likeness (QED) is 0.126. The number of aromatic hydroxyl groups is 2. The Morgan fingerprint density at radius 3 is 2.05 bits per heavy atom. The molecule has 0 atom stereocenters. The number of ether oxygens (including phenoxy) is 1. The van der Waals surface area contributed by atoms with Crippen molar-refractivity contribution < 1.29 is 24.5 Å². The van der Waals surface area contributed by atoms with Crippen molar-refractivity contribution in [2.75, 3.05) is 12.4 Å². The fourth-order valence-electron chi connectivity index (χ4n) is 4.78. The highest BCUT2D eigenvalue weighted by Gasteiger charge is 2.26. The van der Waals surface area contributed by atoms with Gasteiger partial charge in [-0.05, 0) is 64.2 Å². The van der Waals surface area contributed by atoms with Gasteiger partial charge in [-0.1, -0.05) is 101 Å². The summed E-state index contributed by atoms with van der Waals surface area (Å²) >= 11 is 1.64. The molecule has 0 spiro atoms. The average Bonchev–Trinajstić information content (AvgIpc) is 3.03. The van der Waals surface area contributed by atoms with Crippen molar-refractivity contribution in [3.8, 4) is 17.2 Å². The number of methoxy groups -OCH3 is 1. The molecule has 0 fully saturated rings. The number of benzene rings is 5. The topological polar surface area (TPSA) is 95.9 Å². The fourth-order valence-corrected chi connectivity index (χ4v) is 5.94. The maximum Gasteiger partial charge on any atom is 0.259 e. The third-order valence-electron chi connectivity index (χ3n) is 6.97. The fraction of sp³-hybridized carbons (Fsp3) is 0.189. The van der Waals surface area contributed by atoms with Gasteiger partial charge >= 0.3 is 0 Å². The van der Waals surface area contributed by atoms with Crippen molar-refractivity contribution in [1.82, 2.24) is 0 Å². The lowest BCUT2D eigenvalue weighted by Gasteiger charge is -2.22. The van der Waals surface area contributed by atoms with E-state index in [2.05, 4.69) is 38.2 Å². The van der Waals surface area contributed by atoms with Gasteiger partial charge in [0.1, 0.15) is 0 Å². The first kappa shape index (κ1) is 32.2. The molecule has 5 rings (SSSR count). The minimum absolute atomic E-state index is 0.00201. The average molecular weight is 608 g/mol. The summed E-state index contributed by atoms with van der Waals surface area (Å²) < 4.78 is 5.27. The van der Waals surface area contributed by atoms with Gasteiger partial charge < -0.3 is 20.3 Å². The standard InChI is InChI=1S/C35H31NO5S.C2H6/c1-35(2,3)28-11-7-8-12-29(28)42-25-17-15-24(16-18-25)36-34(40)27-20-26(33(41-4)32(39)31(27)38)30(37)23-14-13-21-9-5-6-10-22(21)19-23;1-2/h5-20,38-39H,1-4H3,(H,36,40);1-2H3. The van der Waals surface area contributed by atoms with Crippen LogP contribution in [0.2, 0.25) is 0 Å². The normalized spacial score (nSPS) is 11.0. The number of carbonyl (C=O) groups excluding carboxylic acids is 2. The first-order valence-corrected chi connectivity index (χ1v) is 15.2. The van der Waals surface area contributed by atoms with Crippen molar-refractivity contribution in [1.29, 1.82) is 0 Å². The number of carbonyl (C=O) groups is 2. The molecule has 0 heterocycles. The number of fused-ring (bicyclic) bond motifs is 1. The van der Waals surface area contributed by atoms with E-state index in [9.17, 15) is 19.8 Å². The monoisotopic (exact) mass is 607 g/mol. The number of phenolic OH excluding ortho intramolecular Hbond substituents is 2. The lowest BCUT2D eigenvalue weighted by Crippen LogP contribution is -2.14. The lowest BCUT2D eigenvalue weighted by atomic mass is 9.87. The molecule has 3 N–H and O–H groups in total. The van der Waals surface area contributed by atoms with Gasteiger partial charge in [-0.25, -0.2) is 0 Å². The van der Waals surface area contributed by atoms with Crippen molar-refractivity contribution in [2.45, 2.75) is 49.8 Å². The van der Waals surface area contributed by atoms with Gasteiger partial charge in [0.25, 0.3) is 5.91 Å². The number of anilines is 1. The SMILES string of the molecule is CC.COc1c(C(=O)c2ccc3ccccc3c2)cc(C(=O)Nc2ccc(Sc3ccccc3C(C)(C)C)cc2)c(O)c1O. The second-order valence-electron chi connectivity index (χ2n) is 10.9. The van der Waals surface area contributed by atoms with E-state index in [0.717, 1.165) is 20.6 Å². The molecule has 0 aromatic heterocycles. The summed E-state index contributed by atoms with van der Waals surface area (Å²) in [6.07, 6.45) is 0. The Hall–Kier alpha value is -4.75. The summed E-state index contributed by atoms with van der Waals surface area (Å²) in [6, 6.07) is 29.7. The Labute approximate surface area is 262 Å². The Bertz CT molecular complexity index is 1810. The zero-order chi connectivity index (χ0) is 32.0. The van der Waals surface area contributed by atoms with Crippen molar-refractivity contribution in [3.63, 3.8) is 0 Å². The molecular formula is C37H37NO5S. The summed E-state index contributed by atoms with van der Waals surface area (Å²) in [6.45, 7) is 10.5.